The van der Waals surface area contributed by atoms with E-state index in [1.807, 2.05) is 43.3 Å². The summed E-state index contributed by atoms with van der Waals surface area (Å²) in [5.41, 5.74) is 4.20. The van der Waals surface area contributed by atoms with E-state index in [4.69, 9.17) is 16.4 Å². The number of anilines is 1. The lowest BCUT2D eigenvalue weighted by Crippen LogP contribution is -2.16. The summed E-state index contributed by atoms with van der Waals surface area (Å²) in [5, 5.41) is 15.8. The minimum atomic E-state index is -0.404. The van der Waals surface area contributed by atoms with E-state index in [9.17, 15) is 9.90 Å². The molecule has 1 aliphatic rings. The molecule has 2 heterocycles. The molecule has 0 bridgehead atoms. The molecular formula is C22H20ClN3O3. The fourth-order valence-electron chi connectivity index (χ4n) is 3.43. The van der Waals surface area contributed by atoms with Crippen LogP contribution in [0.15, 0.2) is 52.4 Å². The maximum Gasteiger partial charge on any atom is 0.259 e. The van der Waals surface area contributed by atoms with Gasteiger partial charge in [0.05, 0.1) is 21.8 Å². The number of halogens is 1. The van der Waals surface area contributed by atoms with Crippen LogP contribution in [0.25, 0.3) is 27.6 Å². The average molecular weight is 410 g/mol. The molecule has 2 N–H and O–H groups in total. The summed E-state index contributed by atoms with van der Waals surface area (Å²) in [7, 11) is 3.95. The van der Waals surface area contributed by atoms with Gasteiger partial charge >= 0.3 is 0 Å². The van der Waals surface area contributed by atoms with Gasteiger partial charge in [0, 0.05) is 36.3 Å². The van der Waals surface area contributed by atoms with Crippen LogP contribution in [-0.2, 0) is 4.84 Å². The Morgan fingerprint density at radius 3 is 2.59 bits per heavy atom. The van der Waals surface area contributed by atoms with E-state index in [1.165, 1.54) is 0 Å². The quantitative estimate of drug-likeness (QED) is 0.671. The number of nitrogens with zero attached hydrogens (tertiary/aromatic N) is 2. The fourth-order valence-corrected chi connectivity index (χ4v) is 3.70. The van der Waals surface area contributed by atoms with Crippen LogP contribution in [0.2, 0.25) is 5.02 Å². The molecule has 29 heavy (non-hydrogen) atoms. The standard InChI is InChI=1S/C22H20ClN3O3/c1-12-8-14(11-29-25-12)20-21(27)17-9-16(18(23)10-19(17)24-22(20)28)13-4-6-15(7-5-13)26(2)3/h4-10H,11H2,1-3H3,(H2,24,27,28). The maximum absolute atomic E-state index is 12.6. The Hall–Kier alpha value is -3.25. The Balaban J connectivity index is 1.90. The average Bonchev–Trinajstić information content (AvgIpc) is 2.68. The molecule has 0 amide bonds. The van der Waals surface area contributed by atoms with E-state index < -0.39 is 5.56 Å². The van der Waals surface area contributed by atoms with Crippen LogP contribution >= 0.6 is 11.6 Å². The molecule has 0 spiro atoms. The lowest BCUT2D eigenvalue weighted by atomic mass is 9.98. The smallest absolute Gasteiger partial charge is 0.259 e. The molecule has 4 rings (SSSR count). The Morgan fingerprint density at radius 1 is 1.21 bits per heavy atom. The van der Waals surface area contributed by atoms with Gasteiger partial charge in [0.1, 0.15) is 12.4 Å². The van der Waals surface area contributed by atoms with Crippen LogP contribution in [-0.4, -0.2) is 36.5 Å². The highest BCUT2D eigenvalue weighted by molar-refractivity contribution is 6.34. The zero-order valence-electron chi connectivity index (χ0n) is 16.3. The van der Waals surface area contributed by atoms with Crippen molar-refractivity contribution in [1.82, 2.24) is 4.98 Å². The number of allylic oxidation sites excluding steroid dienone is 1. The number of aromatic nitrogens is 1. The van der Waals surface area contributed by atoms with Gasteiger partial charge in [-0.2, -0.15) is 0 Å². The number of nitrogens with one attached hydrogen (secondary N) is 1. The van der Waals surface area contributed by atoms with Gasteiger partial charge in [-0.15, -0.1) is 0 Å². The first kappa shape index (κ1) is 19.1. The van der Waals surface area contributed by atoms with Crippen molar-refractivity contribution in [2.75, 3.05) is 25.6 Å². The third-order valence-corrected chi connectivity index (χ3v) is 5.21. The normalized spacial score (nSPS) is 13.7. The van der Waals surface area contributed by atoms with E-state index in [0.717, 1.165) is 16.8 Å². The lowest BCUT2D eigenvalue weighted by Gasteiger charge is -2.15. The second-order valence-corrected chi connectivity index (χ2v) is 7.58. The first-order valence-corrected chi connectivity index (χ1v) is 9.46. The summed E-state index contributed by atoms with van der Waals surface area (Å²) >= 11 is 6.49. The van der Waals surface area contributed by atoms with Gasteiger partial charge < -0.3 is 19.8 Å². The molecule has 1 aromatic heterocycles. The summed E-state index contributed by atoms with van der Waals surface area (Å²) in [4.78, 5) is 22.6. The number of aromatic amines is 1. The third kappa shape index (κ3) is 3.47. The highest BCUT2D eigenvalue weighted by atomic mass is 35.5. The van der Waals surface area contributed by atoms with Gasteiger partial charge in [-0.25, -0.2) is 0 Å². The van der Waals surface area contributed by atoms with Gasteiger partial charge in [-0.05, 0) is 42.8 Å². The number of benzene rings is 2. The Morgan fingerprint density at radius 2 is 1.93 bits per heavy atom. The zero-order valence-corrected chi connectivity index (χ0v) is 17.0. The monoisotopic (exact) mass is 409 g/mol. The highest BCUT2D eigenvalue weighted by Gasteiger charge is 2.20. The fraction of sp³-hybridized carbons (Fsp3) is 0.182. The zero-order chi connectivity index (χ0) is 20.7. The van der Waals surface area contributed by atoms with Gasteiger partial charge in [-0.3, -0.25) is 4.79 Å². The van der Waals surface area contributed by atoms with Gasteiger partial charge in [0.2, 0.25) is 0 Å². The van der Waals surface area contributed by atoms with Crippen molar-refractivity contribution in [2.24, 2.45) is 5.16 Å². The number of hydrogen-bond donors (Lipinski definition) is 2. The van der Waals surface area contributed by atoms with Gasteiger partial charge in [-0.1, -0.05) is 28.9 Å². The van der Waals surface area contributed by atoms with Crippen molar-refractivity contribution in [2.45, 2.75) is 6.92 Å². The highest BCUT2D eigenvalue weighted by Crippen LogP contribution is 2.37. The summed E-state index contributed by atoms with van der Waals surface area (Å²) < 4.78 is 0. The predicted octanol–water partition coefficient (Wildman–Crippen LogP) is 4.41. The first-order valence-electron chi connectivity index (χ1n) is 9.09. The topological polar surface area (TPSA) is 77.9 Å². The van der Waals surface area contributed by atoms with Crippen molar-refractivity contribution < 1.29 is 9.94 Å². The van der Waals surface area contributed by atoms with Crippen LogP contribution in [0.3, 0.4) is 0 Å². The molecule has 0 fully saturated rings. The van der Waals surface area contributed by atoms with Gasteiger partial charge in [0.15, 0.2) is 0 Å². The molecule has 1 aliphatic heterocycles. The maximum atomic E-state index is 12.6. The predicted molar refractivity (Wildman–Crippen MR) is 118 cm³/mol. The number of aromatic hydroxyl groups is 1. The first-order chi connectivity index (χ1) is 13.8. The molecule has 7 heteroatoms. The number of fused-ring (bicyclic) bond motifs is 1. The number of pyridine rings is 1. The van der Waals surface area contributed by atoms with E-state index in [2.05, 4.69) is 10.1 Å². The van der Waals surface area contributed by atoms with E-state index in [1.54, 1.807) is 25.1 Å². The summed E-state index contributed by atoms with van der Waals surface area (Å²) in [6.45, 7) is 1.88. The molecule has 3 aromatic rings. The van der Waals surface area contributed by atoms with Crippen molar-refractivity contribution >= 4 is 39.5 Å². The minimum Gasteiger partial charge on any atom is -0.506 e. The van der Waals surface area contributed by atoms with E-state index in [0.29, 0.717) is 27.2 Å². The Kier molecular flexibility index (Phi) is 4.80. The molecule has 2 aromatic carbocycles. The van der Waals surface area contributed by atoms with Gasteiger partial charge in [0.25, 0.3) is 5.56 Å². The van der Waals surface area contributed by atoms with E-state index >= 15 is 0 Å². The molecule has 0 unspecified atom stereocenters. The Bertz CT molecular complexity index is 1220. The van der Waals surface area contributed by atoms with E-state index in [-0.39, 0.29) is 17.9 Å². The molecule has 0 saturated heterocycles. The Labute approximate surface area is 172 Å². The van der Waals surface area contributed by atoms with Crippen molar-refractivity contribution in [3.8, 4) is 16.9 Å². The third-order valence-electron chi connectivity index (χ3n) is 4.90. The van der Waals surface area contributed by atoms with Crippen LogP contribution in [0.5, 0.6) is 5.75 Å². The van der Waals surface area contributed by atoms with Crippen LogP contribution in [0.1, 0.15) is 12.5 Å². The molecule has 6 nitrogen and oxygen atoms in total. The second-order valence-electron chi connectivity index (χ2n) is 7.17. The SMILES string of the molecule is CC1=NOCC(c2c(O)c3cc(-c4ccc(N(C)C)cc4)c(Cl)cc3[nH]c2=O)=C1. The van der Waals surface area contributed by atoms with Crippen molar-refractivity contribution in [3.05, 3.63) is 63.4 Å². The lowest BCUT2D eigenvalue weighted by molar-refractivity contribution is 0.177. The van der Waals surface area contributed by atoms with Crippen LogP contribution < -0.4 is 10.5 Å². The molecule has 0 saturated carbocycles. The molecular weight excluding hydrogens is 390 g/mol. The molecule has 0 atom stereocenters. The molecule has 0 radical (unpaired) electrons. The van der Waals surface area contributed by atoms with Crippen LogP contribution in [0.4, 0.5) is 5.69 Å². The van der Waals surface area contributed by atoms with Crippen LogP contribution in [0, 0.1) is 0 Å². The number of H-pyrrole nitrogens is 1. The van der Waals surface area contributed by atoms with Crippen molar-refractivity contribution in [1.29, 1.82) is 0 Å². The second kappa shape index (κ2) is 7.29. The molecule has 148 valence electrons. The minimum absolute atomic E-state index is 0.101. The van der Waals surface area contributed by atoms with Crippen molar-refractivity contribution in [3.63, 3.8) is 0 Å². The largest absolute Gasteiger partial charge is 0.506 e. The summed E-state index contributed by atoms with van der Waals surface area (Å²) in [6.07, 6.45) is 1.73. The molecule has 0 aliphatic carbocycles. The number of oxime groups is 1. The number of hydrogen-bond acceptors (Lipinski definition) is 5. The summed E-state index contributed by atoms with van der Waals surface area (Å²) in [6, 6.07) is 11.4. The summed E-state index contributed by atoms with van der Waals surface area (Å²) in [5.74, 6) is -0.101. The number of rotatable bonds is 3.